The molecule has 0 fully saturated rings. The molecule has 14 heavy (non-hydrogen) atoms. The highest BCUT2D eigenvalue weighted by Gasteiger charge is 2.09. The topological polar surface area (TPSA) is 29.3 Å². The Morgan fingerprint density at radius 1 is 1.29 bits per heavy atom. The maximum Gasteiger partial charge on any atom is 0.0742 e. The molecule has 1 aromatic rings. The SMILES string of the molecule is CN(CCCN)c1c(Cl)cccc1Cl. The molecule has 2 N–H and O–H groups in total. The predicted molar refractivity (Wildman–Crippen MR) is 63.4 cm³/mol. The summed E-state index contributed by atoms with van der Waals surface area (Å²) in [5.74, 6) is 0. The van der Waals surface area contributed by atoms with Crippen molar-refractivity contribution in [3.05, 3.63) is 28.2 Å². The van der Waals surface area contributed by atoms with E-state index in [-0.39, 0.29) is 0 Å². The Morgan fingerprint density at radius 3 is 2.36 bits per heavy atom. The number of nitrogens with two attached hydrogens (primary N) is 1. The van der Waals surface area contributed by atoms with Gasteiger partial charge in [-0.25, -0.2) is 0 Å². The number of para-hydroxylation sites is 1. The molecular weight excluding hydrogens is 219 g/mol. The van der Waals surface area contributed by atoms with Gasteiger partial charge in [-0.15, -0.1) is 0 Å². The molecule has 0 bridgehead atoms. The van der Waals surface area contributed by atoms with Gasteiger partial charge < -0.3 is 10.6 Å². The lowest BCUT2D eigenvalue weighted by molar-refractivity contribution is 0.796. The van der Waals surface area contributed by atoms with Gasteiger partial charge in [-0.05, 0) is 25.1 Å². The molecule has 0 amide bonds. The van der Waals surface area contributed by atoms with E-state index in [4.69, 9.17) is 28.9 Å². The first-order chi connectivity index (χ1) is 6.66. The van der Waals surface area contributed by atoms with Crippen LogP contribution in [-0.4, -0.2) is 20.1 Å². The third-order valence-corrected chi connectivity index (χ3v) is 2.63. The summed E-state index contributed by atoms with van der Waals surface area (Å²) in [4.78, 5) is 2.03. The Labute approximate surface area is 94.6 Å². The number of nitrogens with zero attached hydrogens (tertiary/aromatic N) is 1. The second-order valence-corrected chi connectivity index (χ2v) is 3.95. The second kappa shape index (κ2) is 5.44. The van der Waals surface area contributed by atoms with Crippen LogP contribution in [-0.2, 0) is 0 Å². The van der Waals surface area contributed by atoms with Crippen molar-refractivity contribution in [2.45, 2.75) is 6.42 Å². The predicted octanol–water partition coefficient (Wildman–Crippen LogP) is 2.78. The van der Waals surface area contributed by atoms with E-state index in [0.717, 1.165) is 18.7 Å². The van der Waals surface area contributed by atoms with Crippen LogP contribution in [0.15, 0.2) is 18.2 Å². The molecule has 2 nitrogen and oxygen atoms in total. The Balaban J connectivity index is 2.82. The lowest BCUT2D eigenvalue weighted by Gasteiger charge is -2.21. The smallest absolute Gasteiger partial charge is 0.0742 e. The molecule has 0 saturated heterocycles. The normalized spacial score (nSPS) is 10.3. The van der Waals surface area contributed by atoms with Crippen molar-refractivity contribution in [3.63, 3.8) is 0 Å². The largest absolute Gasteiger partial charge is 0.372 e. The quantitative estimate of drug-likeness (QED) is 0.866. The van der Waals surface area contributed by atoms with Crippen molar-refractivity contribution in [1.82, 2.24) is 0 Å². The minimum Gasteiger partial charge on any atom is -0.372 e. The molecule has 0 aliphatic heterocycles. The summed E-state index contributed by atoms with van der Waals surface area (Å²) in [5, 5.41) is 1.36. The standard InChI is InChI=1S/C10H14Cl2N2/c1-14(7-3-6-13)10-8(11)4-2-5-9(10)12/h2,4-5H,3,6-7,13H2,1H3. The highest BCUT2D eigenvalue weighted by atomic mass is 35.5. The van der Waals surface area contributed by atoms with E-state index in [9.17, 15) is 0 Å². The van der Waals surface area contributed by atoms with Gasteiger partial charge in [0, 0.05) is 13.6 Å². The van der Waals surface area contributed by atoms with Gasteiger partial charge >= 0.3 is 0 Å². The van der Waals surface area contributed by atoms with Crippen LogP contribution in [0.3, 0.4) is 0 Å². The number of benzene rings is 1. The average molecular weight is 233 g/mol. The average Bonchev–Trinajstić information content (AvgIpc) is 2.14. The summed E-state index contributed by atoms with van der Waals surface area (Å²) in [6.45, 7) is 1.53. The Kier molecular flexibility index (Phi) is 4.52. The molecule has 0 saturated carbocycles. The van der Waals surface area contributed by atoms with Crippen LogP contribution in [0.1, 0.15) is 6.42 Å². The Bertz CT molecular complexity index is 282. The number of hydrogen-bond acceptors (Lipinski definition) is 2. The van der Waals surface area contributed by atoms with Crippen LogP contribution in [0.25, 0.3) is 0 Å². The summed E-state index contributed by atoms with van der Waals surface area (Å²) >= 11 is 12.1. The van der Waals surface area contributed by atoms with Crippen molar-refractivity contribution in [2.24, 2.45) is 5.73 Å². The van der Waals surface area contributed by atoms with Crippen LogP contribution in [0, 0.1) is 0 Å². The molecule has 4 heteroatoms. The molecule has 0 aliphatic carbocycles. The van der Waals surface area contributed by atoms with Crippen molar-refractivity contribution in [3.8, 4) is 0 Å². The molecule has 0 spiro atoms. The van der Waals surface area contributed by atoms with Gasteiger partial charge in [0.15, 0.2) is 0 Å². The number of anilines is 1. The number of halogens is 2. The molecular formula is C10H14Cl2N2. The van der Waals surface area contributed by atoms with E-state index >= 15 is 0 Å². The van der Waals surface area contributed by atoms with Crippen LogP contribution >= 0.6 is 23.2 Å². The van der Waals surface area contributed by atoms with Crippen molar-refractivity contribution >= 4 is 28.9 Å². The van der Waals surface area contributed by atoms with Gasteiger partial charge in [-0.1, -0.05) is 29.3 Å². The van der Waals surface area contributed by atoms with Gasteiger partial charge in [-0.3, -0.25) is 0 Å². The highest BCUT2D eigenvalue weighted by molar-refractivity contribution is 6.39. The third-order valence-electron chi connectivity index (χ3n) is 2.02. The van der Waals surface area contributed by atoms with Gasteiger partial charge in [-0.2, -0.15) is 0 Å². The zero-order valence-corrected chi connectivity index (χ0v) is 9.65. The molecule has 1 aromatic carbocycles. The van der Waals surface area contributed by atoms with E-state index < -0.39 is 0 Å². The van der Waals surface area contributed by atoms with Gasteiger partial charge in [0.2, 0.25) is 0 Å². The van der Waals surface area contributed by atoms with E-state index in [1.807, 2.05) is 30.1 Å². The summed E-state index contributed by atoms with van der Waals surface area (Å²) in [5.41, 5.74) is 6.32. The first kappa shape index (κ1) is 11.6. The number of hydrogen-bond donors (Lipinski definition) is 1. The third kappa shape index (κ3) is 2.77. The van der Waals surface area contributed by atoms with E-state index in [1.54, 1.807) is 0 Å². The van der Waals surface area contributed by atoms with Gasteiger partial charge in [0.05, 0.1) is 15.7 Å². The zero-order valence-electron chi connectivity index (χ0n) is 8.13. The maximum atomic E-state index is 6.05. The van der Waals surface area contributed by atoms with Gasteiger partial charge in [0.1, 0.15) is 0 Å². The first-order valence-corrected chi connectivity index (χ1v) is 5.27. The lowest BCUT2D eigenvalue weighted by atomic mass is 10.3. The van der Waals surface area contributed by atoms with Crippen LogP contribution in [0.5, 0.6) is 0 Å². The van der Waals surface area contributed by atoms with Crippen molar-refractivity contribution < 1.29 is 0 Å². The lowest BCUT2D eigenvalue weighted by Crippen LogP contribution is -2.21. The van der Waals surface area contributed by atoms with E-state index in [0.29, 0.717) is 16.6 Å². The first-order valence-electron chi connectivity index (χ1n) is 4.52. The molecule has 0 unspecified atom stereocenters. The molecule has 0 heterocycles. The maximum absolute atomic E-state index is 6.05. The van der Waals surface area contributed by atoms with Crippen molar-refractivity contribution in [1.29, 1.82) is 0 Å². The zero-order chi connectivity index (χ0) is 10.6. The fraction of sp³-hybridized carbons (Fsp3) is 0.400. The summed E-state index contributed by atoms with van der Waals surface area (Å²) < 4.78 is 0. The Morgan fingerprint density at radius 2 is 1.86 bits per heavy atom. The molecule has 78 valence electrons. The number of rotatable bonds is 4. The molecule has 0 aromatic heterocycles. The Hall–Kier alpha value is -0.440. The second-order valence-electron chi connectivity index (χ2n) is 3.13. The van der Waals surface area contributed by atoms with Crippen molar-refractivity contribution in [2.75, 3.05) is 25.0 Å². The fourth-order valence-corrected chi connectivity index (χ4v) is 1.98. The molecule has 0 radical (unpaired) electrons. The summed E-state index contributed by atoms with van der Waals surface area (Å²) in [6.07, 6.45) is 0.929. The van der Waals surface area contributed by atoms with Crippen LogP contribution in [0.4, 0.5) is 5.69 Å². The summed E-state index contributed by atoms with van der Waals surface area (Å²) in [6, 6.07) is 5.51. The monoisotopic (exact) mass is 232 g/mol. The molecule has 0 aliphatic rings. The van der Waals surface area contributed by atoms with Crippen LogP contribution < -0.4 is 10.6 Å². The fourth-order valence-electron chi connectivity index (χ4n) is 1.29. The molecule has 1 rings (SSSR count). The highest BCUT2D eigenvalue weighted by Crippen LogP contribution is 2.32. The summed E-state index contributed by atoms with van der Waals surface area (Å²) in [7, 11) is 1.96. The molecule has 0 atom stereocenters. The van der Waals surface area contributed by atoms with Gasteiger partial charge in [0.25, 0.3) is 0 Å². The minimum atomic E-state index is 0.673. The van der Waals surface area contributed by atoms with E-state index in [2.05, 4.69) is 0 Å². The minimum absolute atomic E-state index is 0.673. The van der Waals surface area contributed by atoms with E-state index in [1.165, 1.54) is 0 Å². The van der Waals surface area contributed by atoms with Crippen LogP contribution in [0.2, 0.25) is 10.0 Å².